The molecule has 0 aliphatic carbocycles. The fourth-order valence-corrected chi connectivity index (χ4v) is 2.08. The zero-order valence-electron chi connectivity index (χ0n) is 11.7. The molecule has 3 N–H and O–H groups in total. The summed E-state index contributed by atoms with van der Waals surface area (Å²) in [6.45, 7) is 8.53. The van der Waals surface area contributed by atoms with Gasteiger partial charge in [-0.2, -0.15) is 0 Å². The van der Waals surface area contributed by atoms with Gasteiger partial charge >= 0.3 is 0 Å². The molecule has 0 unspecified atom stereocenters. The first kappa shape index (κ1) is 15.4. The second-order valence-corrected chi connectivity index (χ2v) is 5.09. The molecule has 0 saturated carbocycles. The fourth-order valence-electron chi connectivity index (χ4n) is 2.08. The van der Waals surface area contributed by atoms with Crippen molar-refractivity contribution in [1.29, 1.82) is 0 Å². The fraction of sp³-hybridized carbons (Fsp3) is 0.923. The highest BCUT2D eigenvalue weighted by Gasteiger charge is 2.23. The molecule has 18 heavy (non-hydrogen) atoms. The van der Waals surface area contributed by atoms with Crippen LogP contribution in [0.5, 0.6) is 0 Å². The minimum Gasteiger partial charge on any atom is -0.388 e. The van der Waals surface area contributed by atoms with E-state index in [4.69, 9.17) is 0 Å². The molecule has 0 bridgehead atoms. The monoisotopic (exact) mass is 257 g/mol. The van der Waals surface area contributed by atoms with E-state index >= 15 is 0 Å². The normalized spacial score (nSPS) is 18.4. The van der Waals surface area contributed by atoms with Crippen LogP contribution in [0.3, 0.4) is 0 Å². The molecule has 0 atom stereocenters. The molecule has 1 amide bonds. The Hall–Kier alpha value is -0.650. The molecule has 1 heterocycles. The third-order valence-corrected chi connectivity index (χ3v) is 3.73. The van der Waals surface area contributed by atoms with E-state index in [1.54, 1.807) is 0 Å². The summed E-state index contributed by atoms with van der Waals surface area (Å²) >= 11 is 0. The molecular formula is C13H27N3O2. The number of hydrogen-bond acceptors (Lipinski definition) is 4. The van der Waals surface area contributed by atoms with Crippen LogP contribution in [0.2, 0.25) is 0 Å². The first-order valence-electron chi connectivity index (χ1n) is 7.02. The van der Waals surface area contributed by atoms with Gasteiger partial charge in [-0.15, -0.1) is 0 Å². The van der Waals surface area contributed by atoms with Gasteiger partial charge in [0.2, 0.25) is 5.91 Å². The summed E-state index contributed by atoms with van der Waals surface area (Å²) in [5, 5.41) is 16.2. The molecule has 1 fully saturated rings. The highest BCUT2D eigenvalue weighted by atomic mass is 16.3. The molecular weight excluding hydrogens is 230 g/mol. The van der Waals surface area contributed by atoms with Gasteiger partial charge in [-0.3, -0.25) is 9.69 Å². The lowest BCUT2D eigenvalue weighted by Gasteiger charge is -2.26. The molecule has 0 aromatic heterocycles. The summed E-state index contributed by atoms with van der Waals surface area (Å²) in [5.74, 6) is 0.0113. The Morgan fingerprint density at radius 2 is 2.06 bits per heavy atom. The summed E-state index contributed by atoms with van der Waals surface area (Å²) in [4.78, 5) is 14.0. The molecule has 5 heteroatoms. The zero-order chi connectivity index (χ0) is 13.4. The third kappa shape index (κ3) is 5.33. The largest absolute Gasteiger partial charge is 0.388 e. The molecule has 5 nitrogen and oxygen atoms in total. The highest BCUT2D eigenvalue weighted by molar-refractivity contribution is 5.78. The zero-order valence-corrected chi connectivity index (χ0v) is 11.7. The predicted molar refractivity (Wildman–Crippen MR) is 72.5 cm³/mol. The lowest BCUT2D eigenvalue weighted by atomic mass is 9.98. The summed E-state index contributed by atoms with van der Waals surface area (Å²) in [6.07, 6.45) is 2.41. The highest BCUT2D eigenvalue weighted by Crippen LogP contribution is 2.12. The number of carbonyl (C=O) groups is 1. The van der Waals surface area contributed by atoms with Crippen molar-refractivity contribution < 1.29 is 9.90 Å². The first-order valence-corrected chi connectivity index (χ1v) is 7.02. The Morgan fingerprint density at radius 1 is 1.33 bits per heavy atom. The van der Waals surface area contributed by atoms with Crippen molar-refractivity contribution in [2.24, 2.45) is 0 Å². The van der Waals surface area contributed by atoms with Crippen LogP contribution in [0.25, 0.3) is 0 Å². The van der Waals surface area contributed by atoms with Gasteiger partial charge in [0.05, 0.1) is 12.1 Å². The van der Waals surface area contributed by atoms with Gasteiger partial charge in [0.15, 0.2) is 0 Å². The van der Waals surface area contributed by atoms with Gasteiger partial charge < -0.3 is 15.7 Å². The first-order chi connectivity index (χ1) is 8.59. The predicted octanol–water partition coefficient (Wildman–Crippen LogP) is -0.0510. The van der Waals surface area contributed by atoms with Gasteiger partial charge in [0.1, 0.15) is 0 Å². The van der Waals surface area contributed by atoms with Gasteiger partial charge in [0.25, 0.3) is 0 Å². The van der Waals surface area contributed by atoms with Crippen LogP contribution in [0, 0.1) is 0 Å². The van der Waals surface area contributed by atoms with E-state index in [9.17, 15) is 9.90 Å². The topological polar surface area (TPSA) is 64.6 Å². The summed E-state index contributed by atoms with van der Waals surface area (Å²) < 4.78 is 0. The maximum absolute atomic E-state index is 11.8. The van der Waals surface area contributed by atoms with Crippen LogP contribution in [0.1, 0.15) is 33.1 Å². The number of amides is 1. The average Bonchev–Trinajstić information content (AvgIpc) is 2.64. The van der Waals surface area contributed by atoms with Gasteiger partial charge in [-0.25, -0.2) is 0 Å². The van der Waals surface area contributed by atoms with Crippen LogP contribution in [0.4, 0.5) is 0 Å². The van der Waals surface area contributed by atoms with Crippen molar-refractivity contribution in [2.75, 3.05) is 39.3 Å². The average molecular weight is 257 g/mol. The Morgan fingerprint density at radius 3 is 2.72 bits per heavy atom. The Bertz CT molecular complexity index is 247. The number of rotatable bonds is 6. The van der Waals surface area contributed by atoms with Crippen molar-refractivity contribution in [2.45, 2.75) is 38.7 Å². The summed E-state index contributed by atoms with van der Waals surface area (Å²) in [5.41, 5.74) is -0.754. The lowest BCUT2D eigenvalue weighted by Crippen LogP contribution is -2.46. The number of nitrogens with one attached hydrogen (secondary N) is 2. The smallest absolute Gasteiger partial charge is 0.234 e. The standard InChI is InChI=1S/C13H27N3O2/c1-3-13(18,4-2)11-15-12(17)10-16-8-5-6-14-7-9-16/h14,18H,3-11H2,1-2H3,(H,15,17). The molecule has 1 aliphatic rings. The SMILES string of the molecule is CCC(O)(CC)CNC(=O)CN1CCCNCC1. The molecule has 0 aromatic carbocycles. The van der Waals surface area contributed by atoms with E-state index in [1.807, 2.05) is 13.8 Å². The lowest BCUT2D eigenvalue weighted by molar-refractivity contribution is -0.123. The van der Waals surface area contributed by atoms with Crippen LogP contribution in [-0.4, -0.2) is 60.8 Å². The molecule has 1 aliphatic heterocycles. The summed E-state index contributed by atoms with van der Waals surface area (Å²) in [7, 11) is 0. The second kappa shape index (κ2) is 7.71. The Balaban J connectivity index is 2.28. The van der Waals surface area contributed by atoms with Crippen molar-refractivity contribution in [3.8, 4) is 0 Å². The molecule has 106 valence electrons. The van der Waals surface area contributed by atoms with Crippen LogP contribution >= 0.6 is 0 Å². The van der Waals surface area contributed by atoms with Crippen LogP contribution < -0.4 is 10.6 Å². The number of aliphatic hydroxyl groups is 1. The maximum Gasteiger partial charge on any atom is 0.234 e. The van der Waals surface area contributed by atoms with Crippen molar-refractivity contribution >= 4 is 5.91 Å². The van der Waals surface area contributed by atoms with E-state index in [1.165, 1.54) is 0 Å². The van der Waals surface area contributed by atoms with Gasteiger partial charge in [-0.05, 0) is 32.4 Å². The van der Waals surface area contributed by atoms with Crippen LogP contribution in [-0.2, 0) is 4.79 Å². The van der Waals surface area contributed by atoms with Crippen LogP contribution in [0.15, 0.2) is 0 Å². The van der Waals surface area contributed by atoms with E-state index < -0.39 is 5.60 Å². The number of nitrogens with zero attached hydrogens (tertiary/aromatic N) is 1. The number of hydrogen-bond donors (Lipinski definition) is 3. The van der Waals surface area contributed by atoms with Gasteiger partial charge in [0, 0.05) is 19.6 Å². The second-order valence-electron chi connectivity index (χ2n) is 5.09. The molecule has 0 aromatic rings. The van der Waals surface area contributed by atoms with E-state index in [0.717, 1.165) is 32.6 Å². The number of carbonyl (C=O) groups excluding carboxylic acids is 1. The Kier molecular flexibility index (Phi) is 6.60. The van der Waals surface area contributed by atoms with E-state index in [0.29, 0.717) is 25.9 Å². The van der Waals surface area contributed by atoms with Crippen molar-refractivity contribution in [1.82, 2.24) is 15.5 Å². The molecule has 0 radical (unpaired) electrons. The van der Waals surface area contributed by atoms with Gasteiger partial charge in [-0.1, -0.05) is 13.8 Å². The Labute approximate surface area is 110 Å². The van der Waals surface area contributed by atoms with Crippen molar-refractivity contribution in [3.05, 3.63) is 0 Å². The van der Waals surface area contributed by atoms with E-state index in [2.05, 4.69) is 15.5 Å². The molecule has 1 saturated heterocycles. The minimum atomic E-state index is -0.754. The summed E-state index contributed by atoms with van der Waals surface area (Å²) in [6, 6.07) is 0. The van der Waals surface area contributed by atoms with Crippen molar-refractivity contribution in [3.63, 3.8) is 0 Å². The minimum absolute atomic E-state index is 0.0113. The third-order valence-electron chi connectivity index (χ3n) is 3.73. The maximum atomic E-state index is 11.8. The van der Waals surface area contributed by atoms with E-state index in [-0.39, 0.29) is 5.91 Å². The quantitative estimate of drug-likeness (QED) is 0.624. The molecule has 1 rings (SSSR count). The molecule has 0 spiro atoms.